The Hall–Kier alpha value is -2.35. The summed E-state index contributed by atoms with van der Waals surface area (Å²) < 4.78 is 5.05. The molecule has 0 saturated carbocycles. The molecule has 0 unspecified atom stereocenters. The molecule has 0 bridgehead atoms. The third-order valence-corrected chi connectivity index (χ3v) is 3.27. The van der Waals surface area contributed by atoms with Gasteiger partial charge in [-0.3, -0.25) is 4.79 Å². The van der Waals surface area contributed by atoms with E-state index in [1.165, 1.54) is 18.0 Å². The molecule has 1 amide bonds. The molecular weight excluding hydrogens is 258 g/mol. The van der Waals surface area contributed by atoms with Crippen molar-refractivity contribution in [1.29, 1.82) is 0 Å². The van der Waals surface area contributed by atoms with Crippen molar-refractivity contribution in [3.8, 4) is 0 Å². The van der Waals surface area contributed by atoms with Crippen LogP contribution in [0.5, 0.6) is 0 Å². The summed E-state index contributed by atoms with van der Waals surface area (Å²) in [6.07, 6.45) is 2.55. The SMILES string of the molecule is O=C(O)c1cnc2c(n1)NC(=O)c1occc1S2. The maximum Gasteiger partial charge on any atom is 0.356 e. The molecule has 0 saturated heterocycles. The third-order valence-electron chi connectivity index (χ3n) is 2.23. The Labute approximate surface area is 104 Å². The molecular formula is C10H5N3O4S. The van der Waals surface area contributed by atoms with Crippen LogP contribution in [0.1, 0.15) is 21.0 Å². The van der Waals surface area contributed by atoms with Crippen LogP contribution in [0.15, 0.2) is 32.9 Å². The van der Waals surface area contributed by atoms with Crippen LogP contribution >= 0.6 is 11.8 Å². The van der Waals surface area contributed by atoms with Gasteiger partial charge >= 0.3 is 5.97 Å². The molecule has 90 valence electrons. The standard InChI is InChI=1S/C10H5N3O4S/c14-8-6-5(1-2-17-6)18-9-7(13-8)12-4(3-11-9)10(15)16/h1-3H,(H,15,16)(H,12,13,14). The summed E-state index contributed by atoms with van der Waals surface area (Å²) in [4.78, 5) is 31.0. The van der Waals surface area contributed by atoms with E-state index in [0.717, 1.165) is 6.20 Å². The van der Waals surface area contributed by atoms with Crippen molar-refractivity contribution in [2.75, 3.05) is 5.32 Å². The van der Waals surface area contributed by atoms with Crippen molar-refractivity contribution in [2.45, 2.75) is 9.92 Å². The summed E-state index contributed by atoms with van der Waals surface area (Å²) >= 11 is 1.19. The number of aromatic nitrogens is 2. The maximum absolute atomic E-state index is 11.8. The highest BCUT2D eigenvalue weighted by Crippen LogP contribution is 2.36. The summed E-state index contributed by atoms with van der Waals surface area (Å²) in [5.41, 5.74) is -0.229. The number of carboxylic acids is 1. The quantitative estimate of drug-likeness (QED) is 0.802. The second-order valence-electron chi connectivity index (χ2n) is 3.38. The van der Waals surface area contributed by atoms with Gasteiger partial charge in [-0.1, -0.05) is 11.8 Å². The van der Waals surface area contributed by atoms with Crippen molar-refractivity contribution in [3.05, 3.63) is 30.0 Å². The first-order chi connectivity index (χ1) is 8.65. The Kier molecular flexibility index (Phi) is 2.30. The number of fused-ring (bicyclic) bond motifs is 2. The van der Waals surface area contributed by atoms with Crippen molar-refractivity contribution in [2.24, 2.45) is 0 Å². The van der Waals surface area contributed by atoms with Crippen LogP contribution in [0.4, 0.5) is 5.82 Å². The molecule has 18 heavy (non-hydrogen) atoms. The Morgan fingerprint density at radius 2 is 2.33 bits per heavy atom. The number of nitrogens with zero attached hydrogens (tertiary/aromatic N) is 2. The predicted octanol–water partition coefficient (Wildman–Crippen LogP) is 1.48. The van der Waals surface area contributed by atoms with E-state index in [-0.39, 0.29) is 17.3 Å². The van der Waals surface area contributed by atoms with Gasteiger partial charge in [0.15, 0.2) is 11.5 Å². The number of nitrogens with one attached hydrogen (secondary N) is 1. The van der Waals surface area contributed by atoms with E-state index in [9.17, 15) is 9.59 Å². The van der Waals surface area contributed by atoms with E-state index in [1.54, 1.807) is 6.07 Å². The number of carboxylic acid groups (broad SMARTS) is 1. The topological polar surface area (TPSA) is 105 Å². The minimum absolute atomic E-state index is 0.122. The first-order valence-corrected chi connectivity index (χ1v) is 5.64. The van der Waals surface area contributed by atoms with Crippen LogP contribution < -0.4 is 5.32 Å². The number of anilines is 1. The van der Waals surface area contributed by atoms with Gasteiger partial charge in [0.05, 0.1) is 17.4 Å². The van der Waals surface area contributed by atoms with Gasteiger partial charge in [0.1, 0.15) is 5.03 Å². The van der Waals surface area contributed by atoms with Crippen LogP contribution in [0.2, 0.25) is 0 Å². The lowest BCUT2D eigenvalue weighted by molar-refractivity contribution is 0.0689. The normalized spacial score (nSPS) is 13.2. The fourth-order valence-electron chi connectivity index (χ4n) is 1.45. The third kappa shape index (κ3) is 1.63. The second kappa shape index (κ2) is 3.84. The van der Waals surface area contributed by atoms with Gasteiger partial charge in [0.25, 0.3) is 5.91 Å². The van der Waals surface area contributed by atoms with E-state index in [2.05, 4.69) is 15.3 Å². The lowest BCUT2D eigenvalue weighted by Gasteiger charge is -2.04. The number of amides is 1. The van der Waals surface area contributed by atoms with Crippen LogP contribution in [0, 0.1) is 0 Å². The van der Waals surface area contributed by atoms with Gasteiger partial charge in [-0.05, 0) is 6.07 Å². The second-order valence-corrected chi connectivity index (χ2v) is 4.41. The number of carbonyl (C=O) groups excluding carboxylic acids is 1. The van der Waals surface area contributed by atoms with E-state index >= 15 is 0 Å². The molecule has 2 aromatic rings. The van der Waals surface area contributed by atoms with Crippen molar-refractivity contribution >= 4 is 29.5 Å². The largest absolute Gasteiger partial charge is 0.476 e. The zero-order chi connectivity index (χ0) is 12.7. The van der Waals surface area contributed by atoms with Crippen LogP contribution in [0.25, 0.3) is 0 Å². The molecule has 0 aliphatic carbocycles. The molecule has 7 nitrogen and oxygen atoms in total. The van der Waals surface area contributed by atoms with Gasteiger partial charge in [0.2, 0.25) is 5.76 Å². The molecule has 0 fully saturated rings. The molecule has 3 rings (SSSR count). The highest BCUT2D eigenvalue weighted by molar-refractivity contribution is 7.99. The molecule has 0 radical (unpaired) electrons. The number of aromatic carboxylic acids is 1. The van der Waals surface area contributed by atoms with E-state index < -0.39 is 11.9 Å². The monoisotopic (exact) mass is 263 g/mol. The summed E-state index contributed by atoms with van der Waals surface area (Å²) in [5.74, 6) is -1.39. The Morgan fingerprint density at radius 1 is 1.50 bits per heavy atom. The van der Waals surface area contributed by atoms with Crippen LogP contribution in [-0.2, 0) is 0 Å². The zero-order valence-electron chi connectivity index (χ0n) is 8.71. The highest BCUT2D eigenvalue weighted by Gasteiger charge is 2.25. The fraction of sp³-hybridized carbons (Fsp3) is 0. The van der Waals surface area contributed by atoms with Gasteiger partial charge in [-0.25, -0.2) is 14.8 Å². The number of rotatable bonds is 1. The van der Waals surface area contributed by atoms with E-state index in [4.69, 9.17) is 9.52 Å². The zero-order valence-corrected chi connectivity index (χ0v) is 9.52. The van der Waals surface area contributed by atoms with Gasteiger partial charge in [-0.15, -0.1) is 0 Å². The fourth-order valence-corrected chi connectivity index (χ4v) is 2.31. The first kappa shape index (κ1) is 10.8. The van der Waals surface area contributed by atoms with Crippen LogP contribution in [0.3, 0.4) is 0 Å². The lowest BCUT2D eigenvalue weighted by atomic mass is 10.4. The number of carbonyl (C=O) groups is 2. The van der Waals surface area contributed by atoms with Gasteiger partial charge in [-0.2, -0.15) is 0 Å². The number of hydrogen-bond donors (Lipinski definition) is 2. The minimum atomic E-state index is -1.20. The van der Waals surface area contributed by atoms with Crippen molar-refractivity contribution < 1.29 is 19.1 Å². The summed E-state index contributed by atoms with van der Waals surface area (Å²) in [7, 11) is 0. The lowest BCUT2D eigenvalue weighted by Crippen LogP contribution is -2.13. The van der Waals surface area contributed by atoms with Crippen molar-refractivity contribution in [3.63, 3.8) is 0 Å². The molecule has 3 heterocycles. The maximum atomic E-state index is 11.8. The minimum Gasteiger partial charge on any atom is -0.476 e. The summed E-state index contributed by atoms with van der Waals surface area (Å²) in [6.45, 7) is 0. The predicted molar refractivity (Wildman–Crippen MR) is 59.8 cm³/mol. The molecule has 1 aliphatic heterocycles. The molecule has 0 aromatic carbocycles. The smallest absolute Gasteiger partial charge is 0.356 e. The molecule has 0 atom stereocenters. The average Bonchev–Trinajstić information content (AvgIpc) is 2.74. The van der Waals surface area contributed by atoms with E-state index in [1.807, 2.05) is 0 Å². The number of furan rings is 1. The first-order valence-electron chi connectivity index (χ1n) is 4.82. The van der Waals surface area contributed by atoms with Gasteiger partial charge < -0.3 is 14.8 Å². The van der Waals surface area contributed by atoms with Gasteiger partial charge in [0, 0.05) is 0 Å². The molecule has 2 aromatic heterocycles. The Bertz CT molecular complexity index is 667. The van der Waals surface area contributed by atoms with Crippen molar-refractivity contribution in [1.82, 2.24) is 9.97 Å². The highest BCUT2D eigenvalue weighted by atomic mass is 32.2. The van der Waals surface area contributed by atoms with E-state index in [0.29, 0.717) is 9.92 Å². The van der Waals surface area contributed by atoms with Crippen LogP contribution in [-0.4, -0.2) is 27.0 Å². The summed E-state index contributed by atoms with van der Waals surface area (Å²) in [5, 5.41) is 11.7. The number of hydrogen-bond acceptors (Lipinski definition) is 6. The molecule has 1 aliphatic rings. The summed E-state index contributed by atoms with van der Waals surface area (Å²) in [6, 6.07) is 1.64. The average molecular weight is 263 g/mol. The molecule has 0 spiro atoms. The molecule has 8 heteroatoms. The molecule has 2 N–H and O–H groups in total. The Morgan fingerprint density at radius 3 is 3.11 bits per heavy atom. The Balaban J connectivity index is 2.11.